The smallest absolute Gasteiger partial charge is 0.335 e. The van der Waals surface area contributed by atoms with Crippen LogP contribution in [0.15, 0.2) is 70.7 Å². The average Bonchev–Trinajstić information content (AvgIpc) is 2.95. The van der Waals surface area contributed by atoms with E-state index in [0.29, 0.717) is 40.4 Å². The van der Waals surface area contributed by atoms with Gasteiger partial charge in [-0.15, -0.1) is 0 Å². The lowest BCUT2D eigenvalue weighted by atomic mass is 10.1. The van der Waals surface area contributed by atoms with Crippen LogP contribution in [0.4, 0.5) is 16.2 Å². The van der Waals surface area contributed by atoms with Crippen molar-refractivity contribution in [3.05, 3.63) is 81.8 Å². The second-order valence-electron chi connectivity index (χ2n) is 9.20. The van der Waals surface area contributed by atoms with Gasteiger partial charge in [-0.1, -0.05) is 41.1 Å². The molecule has 3 aromatic rings. The van der Waals surface area contributed by atoms with Crippen molar-refractivity contribution >= 4 is 57.1 Å². The van der Waals surface area contributed by atoms with Crippen LogP contribution in [0.2, 0.25) is 0 Å². The lowest BCUT2D eigenvalue weighted by Crippen LogP contribution is -2.54. The van der Waals surface area contributed by atoms with Gasteiger partial charge in [-0.3, -0.25) is 19.7 Å². The summed E-state index contributed by atoms with van der Waals surface area (Å²) in [5.41, 5.74) is 1.81. The molecule has 11 heteroatoms. The minimum Gasteiger partial charge on any atom is -0.490 e. The summed E-state index contributed by atoms with van der Waals surface area (Å²) >= 11 is 3.39. The number of ether oxygens (including phenoxy) is 3. The van der Waals surface area contributed by atoms with Crippen LogP contribution in [0.5, 0.6) is 17.2 Å². The maximum Gasteiger partial charge on any atom is 0.335 e. The number of rotatable bonds is 11. The van der Waals surface area contributed by atoms with E-state index in [1.54, 1.807) is 43.3 Å². The molecule has 0 unspecified atom stereocenters. The van der Waals surface area contributed by atoms with Crippen molar-refractivity contribution in [2.75, 3.05) is 30.0 Å². The molecule has 1 saturated heterocycles. The summed E-state index contributed by atoms with van der Waals surface area (Å²) in [5, 5.41) is 5.01. The third-order valence-electron chi connectivity index (χ3n) is 6.10. The molecular formula is C31H30BrN3O7. The number of halogens is 1. The Morgan fingerprint density at radius 2 is 1.71 bits per heavy atom. The maximum atomic E-state index is 13.6. The molecule has 0 radical (unpaired) electrons. The summed E-state index contributed by atoms with van der Waals surface area (Å²) in [5.74, 6) is -0.995. The number of para-hydroxylation sites is 1. The monoisotopic (exact) mass is 635 g/mol. The summed E-state index contributed by atoms with van der Waals surface area (Å²) in [6.07, 6.45) is 2.11. The minimum absolute atomic E-state index is 0.196. The average molecular weight is 636 g/mol. The highest BCUT2D eigenvalue weighted by atomic mass is 79.9. The van der Waals surface area contributed by atoms with E-state index in [1.165, 1.54) is 12.1 Å². The Bertz CT molecular complexity index is 1550. The third-order valence-corrected chi connectivity index (χ3v) is 6.59. The zero-order valence-corrected chi connectivity index (χ0v) is 24.9. The highest BCUT2D eigenvalue weighted by Gasteiger charge is 2.37. The molecule has 0 bridgehead atoms. The van der Waals surface area contributed by atoms with Gasteiger partial charge in [-0.25, -0.2) is 9.69 Å². The molecule has 1 heterocycles. The van der Waals surface area contributed by atoms with E-state index < -0.39 is 17.8 Å². The lowest BCUT2D eigenvalue weighted by molar-refractivity contribution is -0.122. The maximum absolute atomic E-state index is 13.6. The standard InChI is InChI=1S/C31H30BrN3O7/c1-4-14-41-26-13-11-22(17-27(26)40-5-2)35-30(38)23(29(37)34-31(35)39)16-20-15-21(32)10-12-25(20)42-18-28(36)33-24-9-7-6-8-19(24)3/h6-13,15-17H,4-5,14,18H2,1-3H3,(H,33,36)(H,34,37,39)/b23-16+. The van der Waals surface area contributed by atoms with Crippen LogP contribution in [0, 0.1) is 6.92 Å². The van der Waals surface area contributed by atoms with Crippen molar-refractivity contribution in [1.82, 2.24) is 5.32 Å². The number of aryl methyl sites for hydroxylation is 1. The van der Waals surface area contributed by atoms with Gasteiger partial charge in [0.2, 0.25) is 0 Å². The van der Waals surface area contributed by atoms with Crippen LogP contribution in [-0.4, -0.2) is 43.6 Å². The zero-order valence-electron chi connectivity index (χ0n) is 23.4. The van der Waals surface area contributed by atoms with Gasteiger partial charge in [-0.2, -0.15) is 0 Å². The fourth-order valence-corrected chi connectivity index (χ4v) is 4.47. The van der Waals surface area contributed by atoms with E-state index in [-0.39, 0.29) is 29.5 Å². The molecule has 42 heavy (non-hydrogen) atoms. The Labute approximate surface area is 251 Å². The first-order valence-corrected chi connectivity index (χ1v) is 14.1. The Balaban J connectivity index is 1.60. The van der Waals surface area contributed by atoms with Crippen LogP contribution >= 0.6 is 15.9 Å². The largest absolute Gasteiger partial charge is 0.490 e. The number of carbonyl (C=O) groups is 4. The molecule has 4 rings (SSSR count). The molecule has 10 nitrogen and oxygen atoms in total. The van der Waals surface area contributed by atoms with E-state index >= 15 is 0 Å². The zero-order chi connectivity index (χ0) is 30.2. The summed E-state index contributed by atoms with van der Waals surface area (Å²) in [7, 11) is 0. The Morgan fingerprint density at radius 1 is 0.952 bits per heavy atom. The first-order chi connectivity index (χ1) is 20.2. The molecule has 0 atom stereocenters. The van der Waals surface area contributed by atoms with Crippen LogP contribution in [-0.2, 0) is 14.4 Å². The van der Waals surface area contributed by atoms with Gasteiger partial charge in [0, 0.05) is 21.8 Å². The predicted molar refractivity (Wildman–Crippen MR) is 162 cm³/mol. The second kappa shape index (κ2) is 13.8. The van der Waals surface area contributed by atoms with Crippen molar-refractivity contribution in [2.45, 2.75) is 27.2 Å². The number of nitrogens with zero attached hydrogens (tertiary/aromatic N) is 1. The van der Waals surface area contributed by atoms with Gasteiger partial charge in [0.1, 0.15) is 11.3 Å². The number of barbiturate groups is 1. The molecule has 0 aromatic heterocycles. The number of hydrogen-bond donors (Lipinski definition) is 2. The van der Waals surface area contributed by atoms with Crippen molar-refractivity contribution in [3.63, 3.8) is 0 Å². The summed E-state index contributed by atoms with van der Waals surface area (Å²) in [4.78, 5) is 52.6. The van der Waals surface area contributed by atoms with Crippen LogP contribution in [0.1, 0.15) is 31.4 Å². The fourth-order valence-electron chi connectivity index (χ4n) is 4.09. The lowest BCUT2D eigenvalue weighted by Gasteiger charge is -2.27. The minimum atomic E-state index is -0.898. The molecule has 1 aliphatic rings. The predicted octanol–water partition coefficient (Wildman–Crippen LogP) is 5.63. The number of hydrogen-bond acceptors (Lipinski definition) is 7. The fraction of sp³-hybridized carbons (Fsp3) is 0.226. The van der Waals surface area contributed by atoms with E-state index in [2.05, 4.69) is 26.6 Å². The van der Waals surface area contributed by atoms with Gasteiger partial charge < -0.3 is 19.5 Å². The molecule has 2 N–H and O–H groups in total. The van der Waals surface area contributed by atoms with Crippen molar-refractivity contribution in [3.8, 4) is 17.2 Å². The topological polar surface area (TPSA) is 123 Å². The molecule has 1 fully saturated rings. The number of urea groups is 1. The van der Waals surface area contributed by atoms with Crippen molar-refractivity contribution < 1.29 is 33.4 Å². The van der Waals surface area contributed by atoms with Crippen molar-refractivity contribution in [2.24, 2.45) is 0 Å². The first kappa shape index (κ1) is 30.3. The molecule has 1 aliphatic heterocycles. The number of nitrogens with one attached hydrogen (secondary N) is 2. The van der Waals surface area contributed by atoms with Gasteiger partial charge in [0.05, 0.1) is 18.9 Å². The highest BCUT2D eigenvalue weighted by Crippen LogP contribution is 2.34. The van der Waals surface area contributed by atoms with E-state index in [0.717, 1.165) is 16.9 Å². The Morgan fingerprint density at radius 3 is 2.45 bits per heavy atom. The van der Waals surface area contributed by atoms with Gasteiger partial charge in [0.25, 0.3) is 17.7 Å². The number of imide groups is 2. The van der Waals surface area contributed by atoms with E-state index in [1.807, 2.05) is 32.0 Å². The SMILES string of the molecule is CCCOc1ccc(N2C(=O)NC(=O)/C(=C\c3cc(Br)ccc3OCC(=O)Nc3ccccc3C)C2=O)cc1OCC. The van der Waals surface area contributed by atoms with Gasteiger partial charge in [0.15, 0.2) is 18.1 Å². The number of anilines is 2. The van der Waals surface area contributed by atoms with Crippen molar-refractivity contribution in [1.29, 1.82) is 0 Å². The number of benzene rings is 3. The normalized spacial score (nSPS) is 14.0. The highest BCUT2D eigenvalue weighted by molar-refractivity contribution is 9.10. The van der Waals surface area contributed by atoms with Gasteiger partial charge >= 0.3 is 6.03 Å². The molecule has 0 aliphatic carbocycles. The van der Waals surface area contributed by atoms with Crippen LogP contribution < -0.4 is 29.7 Å². The molecule has 0 spiro atoms. The van der Waals surface area contributed by atoms with Crippen LogP contribution in [0.3, 0.4) is 0 Å². The molecule has 5 amide bonds. The first-order valence-electron chi connectivity index (χ1n) is 13.3. The molecule has 3 aromatic carbocycles. The molecular weight excluding hydrogens is 606 g/mol. The Hall–Kier alpha value is -4.64. The van der Waals surface area contributed by atoms with Crippen LogP contribution in [0.25, 0.3) is 6.08 Å². The number of amides is 5. The molecule has 0 saturated carbocycles. The quantitative estimate of drug-likeness (QED) is 0.207. The third kappa shape index (κ3) is 7.16. The second-order valence-corrected chi connectivity index (χ2v) is 10.1. The summed E-state index contributed by atoms with van der Waals surface area (Å²) in [6, 6.07) is 16.1. The summed E-state index contributed by atoms with van der Waals surface area (Å²) < 4.78 is 17.8. The van der Waals surface area contributed by atoms with E-state index in [9.17, 15) is 19.2 Å². The van der Waals surface area contributed by atoms with E-state index in [4.69, 9.17) is 14.2 Å². The summed E-state index contributed by atoms with van der Waals surface area (Å²) in [6.45, 7) is 6.14. The molecule has 218 valence electrons. The Kier molecular flexibility index (Phi) is 9.98. The van der Waals surface area contributed by atoms with Gasteiger partial charge in [-0.05, 0) is 68.3 Å². The number of carbonyl (C=O) groups excluding carboxylic acids is 4.